The Morgan fingerprint density at radius 3 is 2.54 bits per heavy atom. The van der Waals surface area contributed by atoms with Crippen molar-refractivity contribution in [1.29, 1.82) is 0 Å². The number of aromatic amines is 1. The molecule has 2 aromatic heterocycles. The number of hydrogen-bond acceptors (Lipinski definition) is 5. The van der Waals surface area contributed by atoms with Crippen LogP contribution in [0, 0.1) is 13.8 Å². The number of aromatic nitrogens is 4. The van der Waals surface area contributed by atoms with Crippen molar-refractivity contribution in [3.05, 3.63) is 28.3 Å². The molecule has 0 unspecified atom stereocenters. The molecule has 6 nitrogen and oxygen atoms in total. The monoisotopic (exact) mass is 346 g/mol. The predicted octanol–water partition coefficient (Wildman–Crippen LogP) is 3.30. The van der Waals surface area contributed by atoms with Crippen LogP contribution in [0.4, 0.5) is 0 Å². The van der Waals surface area contributed by atoms with Crippen molar-refractivity contribution in [2.75, 3.05) is 5.75 Å². The van der Waals surface area contributed by atoms with Gasteiger partial charge < -0.3 is 9.55 Å². The molecule has 0 radical (unpaired) electrons. The van der Waals surface area contributed by atoms with Gasteiger partial charge >= 0.3 is 0 Å². The molecule has 0 spiro atoms. The number of aryl methyl sites for hydroxylation is 1. The summed E-state index contributed by atoms with van der Waals surface area (Å²) in [6.07, 6.45) is 2.35. The molecule has 0 saturated heterocycles. The van der Waals surface area contributed by atoms with Crippen molar-refractivity contribution >= 4 is 23.3 Å². The lowest BCUT2D eigenvalue weighted by molar-refractivity contribution is 0.101. The third-order valence-corrected chi connectivity index (χ3v) is 5.37. The molecule has 1 saturated carbocycles. The van der Waals surface area contributed by atoms with E-state index in [9.17, 15) is 9.59 Å². The molecular formula is C17H22N4O2S. The van der Waals surface area contributed by atoms with Crippen LogP contribution in [0.25, 0.3) is 0 Å². The van der Waals surface area contributed by atoms with E-state index in [1.54, 1.807) is 0 Å². The molecule has 7 heteroatoms. The molecule has 1 N–H and O–H groups in total. The average molecular weight is 346 g/mol. The number of rotatable bonds is 7. The molecular weight excluding hydrogens is 324 g/mol. The van der Waals surface area contributed by atoms with Gasteiger partial charge in [0.25, 0.3) is 0 Å². The molecule has 0 bridgehead atoms. The first-order chi connectivity index (χ1) is 11.4. The summed E-state index contributed by atoms with van der Waals surface area (Å²) >= 11 is 1.41. The Bertz CT molecular complexity index is 802. The van der Waals surface area contributed by atoms with Gasteiger partial charge in [-0.25, -0.2) is 0 Å². The van der Waals surface area contributed by atoms with Gasteiger partial charge in [0.2, 0.25) is 0 Å². The SMILES string of the molecule is CCn1c(SCC(=O)c2[nH]c(C)c(C(C)=O)c2C)nnc1C1CC1. The van der Waals surface area contributed by atoms with Gasteiger partial charge in [0, 0.05) is 23.7 Å². The largest absolute Gasteiger partial charge is 0.355 e. The van der Waals surface area contributed by atoms with E-state index in [1.807, 2.05) is 13.8 Å². The second kappa shape index (κ2) is 6.55. The van der Waals surface area contributed by atoms with Crippen LogP contribution < -0.4 is 0 Å². The van der Waals surface area contributed by atoms with Crippen molar-refractivity contribution < 1.29 is 9.59 Å². The van der Waals surface area contributed by atoms with Gasteiger partial charge in [-0.1, -0.05) is 11.8 Å². The second-order valence-corrected chi connectivity index (χ2v) is 7.19. The summed E-state index contributed by atoms with van der Waals surface area (Å²) in [5, 5.41) is 9.33. The molecule has 1 aliphatic rings. The number of thioether (sulfide) groups is 1. The Labute approximate surface area is 145 Å². The lowest BCUT2D eigenvalue weighted by atomic mass is 10.1. The van der Waals surface area contributed by atoms with E-state index in [2.05, 4.69) is 26.7 Å². The molecule has 0 aromatic carbocycles. The Balaban J connectivity index is 1.75. The van der Waals surface area contributed by atoms with Crippen molar-refractivity contribution in [3.63, 3.8) is 0 Å². The summed E-state index contributed by atoms with van der Waals surface area (Å²) in [5.74, 6) is 1.81. The molecule has 1 fully saturated rings. The Kier molecular flexibility index (Phi) is 4.62. The molecule has 0 amide bonds. The molecule has 0 aliphatic heterocycles. The summed E-state index contributed by atoms with van der Waals surface area (Å²) in [6.45, 7) is 8.04. The predicted molar refractivity (Wildman–Crippen MR) is 93.0 cm³/mol. The van der Waals surface area contributed by atoms with Gasteiger partial charge in [0.15, 0.2) is 16.7 Å². The van der Waals surface area contributed by atoms with Crippen LogP contribution in [-0.2, 0) is 6.54 Å². The van der Waals surface area contributed by atoms with Gasteiger partial charge in [-0.3, -0.25) is 9.59 Å². The average Bonchev–Trinajstić information content (AvgIpc) is 3.22. The van der Waals surface area contributed by atoms with Crippen molar-refractivity contribution in [2.24, 2.45) is 0 Å². The van der Waals surface area contributed by atoms with Crippen LogP contribution in [0.2, 0.25) is 0 Å². The zero-order valence-corrected chi connectivity index (χ0v) is 15.3. The van der Waals surface area contributed by atoms with Crippen molar-refractivity contribution in [1.82, 2.24) is 19.7 Å². The third-order valence-electron chi connectivity index (χ3n) is 4.40. The lowest BCUT2D eigenvalue weighted by Crippen LogP contribution is -2.08. The zero-order valence-electron chi connectivity index (χ0n) is 14.5. The standard InChI is InChI=1S/C17H22N4O2S/c1-5-21-16(12-6-7-12)19-20-17(21)24-8-13(23)15-9(2)14(11(4)22)10(3)18-15/h12,18H,5-8H2,1-4H3. The number of carbonyl (C=O) groups is 2. The van der Waals surface area contributed by atoms with Gasteiger partial charge in [0.1, 0.15) is 5.82 Å². The van der Waals surface area contributed by atoms with E-state index < -0.39 is 0 Å². The fraction of sp³-hybridized carbons (Fsp3) is 0.529. The topological polar surface area (TPSA) is 80.6 Å². The molecule has 2 aromatic rings. The first kappa shape index (κ1) is 17.0. The zero-order chi connectivity index (χ0) is 17.4. The Hall–Kier alpha value is -1.89. The first-order valence-electron chi connectivity index (χ1n) is 8.23. The fourth-order valence-corrected chi connectivity index (χ4v) is 3.99. The first-order valence-corrected chi connectivity index (χ1v) is 9.21. The minimum Gasteiger partial charge on any atom is -0.355 e. The maximum atomic E-state index is 12.6. The van der Waals surface area contributed by atoms with Crippen molar-refractivity contribution in [2.45, 2.75) is 58.2 Å². The van der Waals surface area contributed by atoms with Gasteiger partial charge in [-0.2, -0.15) is 0 Å². The molecule has 128 valence electrons. The minimum absolute atomic E-state index is 0.0206. The number of Topliss-reactive ketones (excluding diaryl/α,β-unsaturated/α-hetero) is 2. The van der Waals surface area contributed by atoms with E-state index >= 15 is 0 Å². The van der Waals surface area contributed by atoms with Crippen LogP contribution in [0.1, 0.15) is 70.5 Å². The van der Waals surface area contributed by atoms with Crippen LogP contribution in [0.3, 0.4) is 0 Å². The number of ketones is 2. The number of hydrogen-bond donors (Lipinski definition) is 1. The smallest absolute Gasteiger partial charge is 0.191 e. The normalized spacial score (nSPS) is 14.2. The fourth-order valence-electron chi connectivity index (χ4n) is 3.11. The number of nitrogens with one attached hydrogen (secondary N) is 1. The van der Waals surface area contributed by atoms with E-state index in [1.165, 1.54) is 31.5 Å². The highest BCUT2D eigenvalue weighted by atomic mass is 32.2. The van der Waals surface area contributed by atoms with Crippen molar-refractivity contribution in [3.8, 4) is 0 Å². The highest BCUT2D eigenvalue weighted by Gasteiger charge is 2.30. The maximum Gasteiger partial charge on any atom is 0.191 e. The third kappa shape index (κ3) is 3.05. The highest BCUT2D eigenvalue weighted by molar-refractivity contribution is 7.99. The quantitative estimate of drug-likeness (QED) is 0.614. The molecule has 3 rings (SSSR count). The van der Waals surface area contributed by atoms with Gasteiger partial charge in [0.05, 0.1) is 11.4 Å². The molecule has 2 heterocycles. The van der Waals surface area contributed by atoms with E-state index in [-0.39, 0.29) is 17.3 Å². The molecule has 24 heavy (non-hydrogen) atoms. The Morgan fingerprint density at radius 2 is 2.00 bits per heavy atom. The van der Waals surface area contributed by atoms with Crippen LogP contribution in [0.15, 0.2) is 5.16 Å². The molecule has 0 atom stereocenters. The van der Waals surface area contributed by atoms with E-state index in [0.717, 1.165) is 28.8 Å². The second-order valence-electron chi connectivity index (χ2n) is 6.25. The van der Waals surface area contributed by atoms with Gasteiger partial charge in [-0.05, 0) is 46.1 Å². The number of nitrogens with zero attached hydrogens (tertiary/aromatic N) is 3. The van der Waals surface area contributed by atoms with Gasteiger partial charge in [-0.15, -0.1) is 10.2 Å². The Morgan fingerprint density at radius 1 is 1.29 bits per heavy atom. The minimum atomic E-state index is -0.0216. The summed E-state index contributed by atoms with van der Waals surface area (Å²) in [5.41, 5.74) is 2.63. The van der Waals surface area contributed by atoms with E-state index in [4.69, 9.17) is 0 Å². The van der Waals surface area contributed by atoms with Crippen LogP contribution in [0.5, 0.6) is 0 Å². The number of H-pyrrole nitrogens is 1. The summed E-state index contributed by atoms with van der Waals surface area (Å²) < 4.78 is 2.10. The maximum absolute atomic E-state index is 12.6. The summed E-state index contributed by atoms with van der Waals surface area (Å²) in [6, 6.07) is 0. The van der Waals surface area contributed by atoms with E-state index in [0.29, 0.717) is 17.2 Å². The lowest BCUT2D eigenvalue weighted by Gasteiger charge is -2.06. The van der Waals surface area contributed by atoms with Crippen LogP contribution >= 0.6 is 11.8 Å². The van der Waals surface area contributed by atoms with Crippen LogP contribution in [-0.4, -0.2) is 37.1 Å². The summed E-state index contributed by atoms with van der Waals surface area (Å²) in [7, 11) is 0. The summed E-state index contributed by atoms with van der Waals surface area (Å²) in [4.78, 5) is 27.3. The molecule has 1 aliphatic carbocycles. The number of carbonyl (C=O) groups excluding carboxylic acids is 2. The highest BCUT2D eigenvalue weighted by Crippen LogP contribution is 2.40.